The lowest BCUT2D eigenvalue weighted by Gasteiger charge is -2.54. The van der Waals surface area contributed by atoms with Crippen LogP contribution in [-0.4, -0.2) is 19.5 Å². The van der Waals surface area contributed by atoms with Crippen LogP contribution in [0.25, 0.3) is 11.2 Å². The smallest absolute Gasteiger partial charge is 0.278 e. The number of nitrogens with one attached hydrogen (secondary N) is 1. The van der Waals surface area contributed by atoms with Gasteiger partial charge in [0.15, 0.2) is 11.2 Å². The second-order valence-electron chi connectivity index (χ2n) is 8.11. The van der Waals surface area contributed by atoms with E-state index in [4.69, 9.17) is 16.6 Å². The van der Waals surface area contributed by atoms with Gasteiger partial charge in [-0.3, -0.25) is 9.78 Å². The number of hydrogen-bond acceptors (Lipinski definition) is 3. The first kappa shape index (κ1) is 14.9. The lowest BCUT2D eigenvalue weighted by molar-refractivity contribution is -0.00662. The third kappa shape index (κ3) is 2.10. The van der Waals surface area contributed by atoms with Gasteiger partial charge in [0.1, 0.15) is 5.82 Å². The number of H-pyrrole nitrogens is 1. The Kier molecular flexibility index (Phi) is 3.31. The lowest BCUT2D eigenvalue weighted by atomic mass is 9.51. The van der Waals surface area contributed by atoms with E-state index in [-0.39, 0.29) is 10.8 Å². The molecule has 0 saturated heterocycles. The third-order valence-corrected chi connectivity index (χ3v) is 6.77. The highest BCUT2D eigenvalue weighted by molar-refractivity contribution is 6.28. The quantitative estimate of drug-likeness (QED) is 0.861. The zero-order valence-electron chi connectivity index (χ0n) is 14.0. The number of aromatic amines is 1. The van der Waals surface area contributed by atoms with Crippen molar-refractivity contribution >= 4 is 22.8 Å². The van der Waals surface area contributed by atoms with Gasteiger partial charge in [-0.2, -0.15) is 4.98 Å². The number of rotatable bonds is 3. The number of fused-ring (bicyclic) bond motifs is 1. The summed E-state index contributed by atoms with van der Waals surface area (Å²) in [4.78, 5) is 24.2. The lowest BCUT2D eigenvalue weighted by Crippen LogP contribution is -2.44. The van der Waals surface area contributed by atoms with Gasteiger partial charge in [0, 0.05) is 12.5 Å². The van der Waals surface area contributed by atoms with E-state index in [1.165, 1.54) is 32.1 Å². The van der Waals surface area contributed by atoms with E-state index in [1.54, 1.807) is 0 Å². The van der Waals surface area contributed by atoms with Crippen molar-refractivity contribution in [1.82, 2.24) is 19.5 Å². The van der Waals surface area contributed by atoms with Crippen molar-refractivity contribution in [1.29, 1.82) is 0 Å². The van der Waals surface area contributed by atoms with Crippen LogP contribution in [0, 0.1) is 23.7 Å². The Morgan fingerprint density at radius 2 is 1.79 bits per heavy atom. The number of hydrogen-bond donors (Lipinski definition) is 1. The number of nitrogens with zero attached hydrogens (tertiary/aromatic N) is 3. The first-order valence-corrected chi connectivity index (χ1v) is 9.67. The van der Waals surface area contributed by atoms with E-state index in [0.717, 1.165) is 42.5 Å². The molecule has 0 radical (unpaired) electrons. The van der Waals surface area contributed by atoms with Gasteiger partial charge < -0.3 is 4.57 Å². The average molecular weight is 347 g/mol. The highest BCUT2D eigenvalue weighted by Crippen LogP contribution is 2.59. The average Bonchev–Trinajstić information content (AvgIpc) is 2.85. The summed E-state index contributed by atoms with van der Waals surface area (Å²) in [5.41, 5.74) is 0.951. The molecule has 24 heavy (non-hydrogen) atoms. The van der Waals surface area contributed by atoms with E-state index in [0.29, 0.717) is 17.1 Å². The van der Waals surface area contributed by atoms with Gasteiger partial charge in [0.25, 0.3) is 5.56 Å². The molecule has 2 aromatic rings. The minimum Gasteiger partial charge on any atom is -0.322 e. The first-order valence-electron chi connectivity index (χ1n) is 9.30. The summed E-state index contributed by atoms with van der Waals surface area (Å²) >= 11 is 5.95. The summed E-state index contributed by atoms with van der Waals surface area (Å²) in [5.74, 6) is 4.94. The Balaban J connectivity index is 1.68. The van der Waals surface area contributed by atoms with Crippen LogP contribution in [0.5, 0.6) is 0 Å². The van der Waals surface area contributed by atoms with Crippen LogP contribution in [0.2, 0.25) is 5.28 Å². The van der Waals surface area contributed by atoms with Crippen molar-refractivity contribution < 1.29 is 0 Å². The SMILES string of the molecule is CCCn1c(C2C3CC4CC(C3)CC2C4)nc2nc(Cl)[nH]c(=O)c21. The third-order valence-electron chi connectivity index (χ3n) is 6.59. The summed E-state index contributed by atoms with van der Waals surface area (Å²) in [5, 5.41) is 0.130. The van der Waals surface area contributed by atoms with Crippen LogP contribution in [0.15, 0.2) is 4.79 Å². The van der Waals surface area contributed by atoms with Crippen LogP contribution < -0.4 is 5.56 Å². The Bertz CT molecular complexity index is 827. The van der Waals surface area contributed by atoms with Gasteiger partial charge in [-0.1, -0.05) is 6.92 Å². The van der Waals surface area contributed by atoms with Crippen molar-refractivity contribution in [3.05, 3.63) is 21.5 Å². The Labute approximate surface area is 145 Å². The maximum atomic E-state index is 12.5. The van der Waals surface area contributed by atoms with Gasteiger partial charge in [-0.15, -0.1) is 0 Å². The van der Waals surface area contributed by atoms with Crippen LogP contribution in [0.4, 0.5) is 0 Å². The zero-order chi connectivity index (χ0) is 16.4. The van der Waals surface area contributed by atoms with Crippen molar-refractivity contribution in [3.63, 3.8) is 0 Å². The molecule has 0 unspecified atom stereocenters. The molecule has 4 aliphatic rings. The van der Waals surface area contributed by atoms with Crippen LogP contribution in [0.1, 0.15) is 57.2 Å². The maximum absolute atomic E-state index is 12.5. The van der Waals surface area contributed by atoms with Crippen molar-refractivity contribution in [2.24, 2.45) is 23.7 Å². The molecule has 6 rings (SSSR count). The second-order valence-corrected chi connectivity index (χ2v) is 8.47. The molecule has 2 heterocycles. The number of aryl methyl sites for hydroxylation is 1. The molecule has 0 spiro atoms. The molecule has 4 saturated carbocycles. The largest absolute Gasteiger partial charge is 0.322 e. The van der Waals surface area contributed by atoms with Gasteiger partial charge in [-0.25, -0.2) is 4.98 Å². The summed E-state index contributed by atoms with van der Waals surface area (Å²) in [6.07, 6.45) is 7.81. The molecule has 4 bridgehead atoms. The molecular weight excluding hydrogens is 324 g/mol. The summed E-state index contributed by atoms with van der Waals surface area (Å²) in [6, 6.07) is 0. The Morgan fingerprint density at radius 1 is 1.12 bits per heavy atom. The van der Waals surface area contributed by atoms with E-state index >= 15 is 0 Å². The normalized spacial score (nSPS) is 34.3. The fourth-order valence-corrected chi connectivity index (χ4v) is 6.25. The molecule has 0 aromatic carbocycles. The number of imidazole rings is 1. The van der Waals surface area contributed by atoms with Crippen molar-refractivity contribution in [2.75, 3.05) is 0 Å². The second kappa shape index (κ2) is 5.32. The summed E-state index contributed by atoms with van der Waals surface area (Å²) in [6.45, 7) is 2.96. The van der Waals surface area contributed by atoms with Crippen LogP contribution >= 0.6 is 11.6 Å². The molecule has 0 atom stereocenters. The molecule has 4 aliphatic carbocycles. The fourth-order valence-electron chi connectivity index (χ4n) is 6.08. The zero-order valence-corrected chi connectivity index (χ0v) is 14.7. The van der Waals surface area contributed by atoms with E-state index in [1.807, 2.05) is 0 Å². The van der Waals surface area contributed by atoms with E-state index in [2.05, 4.69) is 21.5 Å². The van der Waals surface area contributed by atoms with E-state index < -0.39 is 0 Å². The topological polar surface area (TPSA) is 63.6 Å². The van der Waals surface area contributed by atoms with Gasteiger partial charge in [-0.05, 0) is 73.8 Å². The summed E-state index contributed by atoms with van der Waals surface area (Å²) < 4.78 is 2.14. The summed E-state index contributed by atoms with van der Waals surface area (Å²) in [7, 11) is 0. The molecule has 5 nitrogen and oxygen atoms in total. The molecule has 128 valence electrons. The predicted octanol–water partition coefficient (Wildman–Crippen LogP) is 3.72. The number of halogens is 1. The highest BCUT2D eigenvalue weighted by Gasteiger charge is 2.50. The monoisotopic (exact) mass is 346 g/mol. The first-order chi connectivity index (χ1) is 11.6. The molecule has 2 aromatic heterocycles. The maximum Gasteiger partial charge on any atom is 0.278 e. The molecule has 4 fully saturated rings. The molecular formula is C18H23ClN4O. The van der Waals surface area contributed by atoms with Crippen molar-refractivity contribution in [3.8, 4) is 0 Å². The molecule has 0 amide bonds. The Hall–Kier alpha value is -1.36. The van der Waals surface area contributed by atoms with Crippen LogP contribution in [0.3, 0.4) is 0 Å². The predicted molar refractivity (Wildman–Crippen MR) is 93.2 cm³/mol. The standard InChI is InChI=1S/C18H23ClN4O/c1-2-3-23-14-15(21-18(19)22-17(14)24)20-16(23)13-11-5-9-4-10(7-11)8-12(13)6-9/h9-13H,2-8H2,1H3,(H,21,22,24). The van der Waals surface area contributed by atoms with Crippen LogP contribution in [-0.2, 0) is 6.54 Å². The molecule has 6 heteroatoms. The van der Waals surface area contributed by atoms with Crippen molar-refractivity contribution in [2.45, 2.75) is 57.9 Å². The van der Waals surface area contributed by atoms with Gasteiger partial charge in [0.2, 0.25) is 5.28 Å². The molecule has 0 aliphatic heterocycles. The Morgan fingerprint density at radius 3 is 2.42 bits per heavy atom. The molecule has 1 N–H and O–H groups in total. The minimum atomic E-state index is -0.166. The minimum absolute atomic E-state index is 0.130. The fraction of sp³-hybridized carbons (Fsp3) is 0.722. The number of aromatic nitrogens is 4. The van der Waals surface area contributed by atoms with Gasteiger partial charge >= 0.3 is 0 Å². The van der Waals surface area contributed by atoms with Gasteiger partial charge in [0.05, 0.1) is 0 Å². The van der Waals surface area contributed by atoms with E-state index in [9.17, 15) is 4.79 Å². The highest BCUT2D eigenvalue weighted by atomic mass is 35.5.